The molecule has 1 aromatic heterocycles. The van der Waals surface area contributed by atoms with Gasteiger partial charge >= 0.3 is 0 Å². The normalized spacial score (nSPS) is 27.6. The zero-order valence-corrected chi connectivity index (χ0v) is 14.4. The Labute approximate surface area is 141 Å². The van der Waals surface area contributed by atoms with Crippen molar-refractivity contribution in [1.29, 1.82) is 0 Å². The zero-order valence-electron chi connectivity index (χ0n) is 13.6. The van der Waals surface area contributed by atoms with Crippen LogP contribution in [0.5, 0.6) is 0 Å². The topological polar surface area (TPSA) is 105 Å². The van der Waals surface area contributed by atoms with Crippen LogP contribution in [0.2, 0.25) is 0 Å². The van der Waals surface area contributed by atoms with E-state index in [-0.39, 0.29) is 23.8 Å². The average molecular weight is 354 g/mol. The van der Waals surface area contributed by atoms with Crippen LogP contribution < -0.4 is 10.9 Å². The number of amides is 2. The van der Waals surface area contributed by atoms with Crippen molar-refractivity contribution < 1.29 is 22.4 Å². The number of hydrogen-bond donors (Lipinski definition) is 2. The molecule has 0 bridgehead atoms. The minimum Gasteiger partial charge on any atom is -0.466 e. The van der Waals surface area contributed by atoms with Crippen LogP contribution in [0.1, 0.15) is 43.6 Å². The predicted molar refractivity (Wildman–Crippen MR) is 86.6 cm³/mol. The summed E-state index contributed by atoms with van der Waals surface area (Å²) in [5.74, 6) is 1.43. The number of hydrogen-bond acceptors (Lipinski definition) is 5. The van der Waals surface area contributed by atoms with Crippen LogP contribution in [-0.4, -0.2) is 31.7 Å². The van der Waals surface area contributed by atoms with E-state index >= 15 is 0 Å². The summed E-state index contributed by atoms with van der Waals surface area (Å²) in [5.41, 5.74) is 4.64. The molecule has 2 aliphatic rings. The summed E-state index contributed by atoms with van der Waals surface area (Å²) < 4.78 is 28.4. The molecule has 1 saturated carbocycles. The van der Waals surface area contributed by atoms with E-state index in [4.69, 9.17) is 4.42 Å². The van der Waals surface area contributed by atoms with Gasteiger partial charge in [-0.2, -0.15) is 0 Å². The minimum atomic E-state index is -3.11. The van der Waals surface area contributed by atoms with Crippen LogP contribution in [0.4, 0.5) is 0 Å². The quantitative estimate of drug-likeness (QED) is 0.765. The summed E-state index contributed by atoms with van der Waals surface area (Å²) in [6.45, 7) is 2.18. The molecule has 2 fully saturated rings. The van der Waals surface area contributed by atoms with Gasteiger partial charge in [-0.05, 0) is 30.9 Å². The Balaban J connectivity index is 1.38. The number of carbonyl (C=O) groups excluding carboxylic acids is 2. The Morgan fingerprint density at radius 1 is 1.29 bits per heavy atom. The average Bonchev–Trinajstić information content (AvgIpc) is 2.95. The lowest BCUT2D eigenvalue weighted by Crippen LogP contribution is -2.44. The molecule has 1 aliphatic carbocycles. The summed E-state index contributed by atoms with van der Waals surface area (Å²) in [6, 6.07) is 3.85. The van der Waals surface area contributed by atoms with E-state index in [0.717, 1.165) is 17.9 Å². The van der Waals surface area contributed by atoms with Gasteiger partial charge in [0, 0.05) is 18.8 Å². The molecule has 0 unspecified atom stereocenters. The number of carbonyl (C=O) groups is 2. The fraction of sp³-hybridized carbons (Fsp3) is 0.625. The van der Waals surface area contributed by atoms with Crippen LogP contribution >= 0.6 is 0 Å². The molecule has 0 spiro atoms. The van der Waals surface area contributed by atoms with Gasteiger partial charge in [0.15, 0.2) is 9.84 Å². The first-order valence-electron chi connectivity index (χ1n) is 8.22. The standard InChI is InChI=1S/C16H22N2O5S/c1-10-8-13(10)14-4-2-12(23-14)3-5-15(19)17-18-16(20)11-6-7-24(21,22)9-11/h2,4,10-11,13H,3,5-9H2,1H3,(H,17,19)(H,18,20)/t10-,11+,13-/m1/s1. The van der Waals surface area contributed by atoms with Crippen molar-refractivity contribution in [3.8, 4) is 0 Å². The highest BCUT2D eigenvalue weighted by atomic mass is 32.2. The Morgan fingerprint density at radius 2 is 2.04 bits per heavy atom. The predicted octanol–water partition coefficient (Wildman–Crippen LogP) is 0.918. The number of hydrazine groups is 1. The zero-order chi connectivity index (χ0) is 17.3. The molecular weight excluding hydrogens is 332 g/mol. The van der Waals surface area contributed by atoms with Crippen molar-refractivity contribution in [1.82, 2.24) is 10.9 Å². The summed E-state index contributed by atoms with van der Waals surface area (Å²) in [7, 11) is -3.11. The number of nitrogens with one attached hydrogen (secondary N) is 2. The van der Waals surface area contributed by atoms with Crippen molar-refractivity contribution in [3.63, 3.8) is 0 Å². The number of rotatable bonds is 5. The summed E-state index contributed by atoms with van der Waals surface area (Å²) in [6.07, 6.45) is 2.10. The van der Waals surface area contributed by atoms with Gasteiger partial charge in [0.25, 0.3) is 0 Å². The van der Waals surface area contributed by atoms with Crippen molar-refractivity contribution in [2.24, 2.45) is 11.8 Å². The summed E-state index contributed by atoms with van der Waals surface area (Å²) >= 11 is 0. The lowest BCUT2D eigenvalue weighted by atomic mass is 10.1. The molecule has 7 nitrogen and oxygen atoms in total. The maximum Gasteiger partial charge on any atom is 0.242 e. The monoisotopic (exact) mass is 354 g/mol. The van der Waals surface area contributed by atoms with Gasteiger partial charge in [-0.1, -0.05) is 6.92 Å². The van der Waals surface area contributed by atoms with Crippen molar-refractivity contribution in [2.45, 2.75) is 38.5 Å². The van der Waals surface area contributed by atoms with E-state index in [1.54, 1.807) is 0 Å². The molecule has 2 amide bonds. The molecule has 3 atom stereocenters. The molecule has 2 heterocycles. The molecule has 0 aromatic carbocycles. The first kappa shape index (κ1) is 17.0. The molecule has 1 saturated heterocycles. The Hall–Kier alpha value is -1.83. The van der Waals surface area contributed by atoms with Crippen LogP contribution in [-0.2, 0) is 25.8 Å². The lowest BCUT2D eigenvalue weighted by Gasteiger charge is -2.10. The van der Waals surface area contributed by atoms with Crippen LogP contribution in [0.25, 0.3) is 0 Å². The van der Waals surface area contributed by atoms with E-state index in [2.05, 4.69) is 17.8 Å². The second-order valence-electron chi connectivity index (χ2n) is 6.76. The first-order valence-corrected chi connectivity index (χ1v) is 10.0. The van der Waals surface area contributed by atoms with E-state index < -0.39 is 21.7 Å². The lowest BCUT2D eigenvalue weighted by molar-refractivity contribution is -0.130. The van der Waals surface area contributed by atoms with Crippen molar-refractivity contribution in [3.05, 3.63) is 23.7 Å². The third-order valence-electron chi connectivity index (χ3n) is 4.68. The second-order valence-corrected chi connectivity index (χ2v) is 8.99. The summed E-state index contributed by atoms with van der Waals surface area (Å²) in [4.78, 5) is 23.6. The second kappa shape index (κ2) is 6.58. The molecule has 0 radical (unpaired) electrons. The van der Waals surface area contributed by atoms with Gasteiger partial charge in [0.2, 0.25) is 11.8 Å². The maximum atomic E-state index is 11.8. The Morgan fingerprint density at radius 3 is 2.67 bits per heavy atom. The van der Waals surface area contributed by atoms with Gasteiger partial charge in [-0.15, -0.1) is 0 Å². The van der Waals surface area contributed by atoms with E-state index in [1.807, 2.05) is 12.1 Å². The van der Waals surface area contributed by atoms with Gasteiger partial charge in [0.05, 0.1) is 17.4 Å². The van der Waals surface area contributed by atoms with Crippen LogP contribution in [0, 0.1) is 11.8 Å². The maximum absolute atomic E-state index is 11.8. The SMILES string of the molecule is C[C@@H]1C[C@H]1c1ccc(CCC(=O)NNC(=O)[C@H]2CCS(=O)(=O)C2)o1. The number of sulfone groups is 1. The molecule has 1 aliphatic heterocycles. The van der Waals surface area contributed by atoms with Crippen molar-refractivity contribution in [2.75, 3.05) is 11.5 Å². The largest absolute Gasteiger partial charge is 0.466 e. The third kappa shape index (κ3) is 4.17. The van der Waals surface area contributed by atoms with Gasteiger partial charge < -0.3 is 4.42 Å². The first-order chi connectivity index (χ1) is 11.3. The highest BCUT2D eigenvalue weighted by molar-refractivity contribution is 7.91. The van der Waals surface area contributed by atoms with Gasteiger partial charge in [-0.25, -0.2) is 8.42 Å². The Bertz CT molecular complexity index is 739. The Kier molecular flexibility index (Phi) is 4.67. The third-order valence-corrected chi connectivity index (χ3v) is 6.45. The van der Waals surface area contributed by atoms with Gasteiger partial charge in [0.1, 0.15) is 11.5 Å². The molecule has 24 heavy (non-hydrogen) atoms. The smallest absolute Gasteiger partial charge is 0.242 e. The van der Waals surface area contributed by atoms with Crippen LogP contribution in [0.15, 0.2) is 16.5 Å². The number of furan rings is 1. The highest BCUT2D eigenvalue weighted by Crippen LogP contribution is 2.47. The fourth-order valence-electron chi connectivity index (χ4n) is 2.98. The number of aryl methyl sites for hydroxylation is 1. The molecule has 132 valence electrons. The molecule has 3 rings (SSSR count). The highest BCUT2D eigenvalue weighted by Gasteiger charge is 2.36. The van der Waals surface area contributed by atoms with Gasteiger partial charge in [-0.3, -0.25) is 20.4 Å². The molecule has 1 aromatic rings. The summed E-state index contributed by atoms with van der Waals surface area (Å²) in [5, 5.41) is 0. The fourth-order valence-corrected chi connectivity index (χ4v) is 4.72. The minimum absolute atomic E-state index is 0.0273. The van der Waals surface area contributed by atoms with E-state index in [1.165, 1.54) is 0 Å². The van der Waals surface area contributed by atoms with Crippen molar-refractivity contribution >= 4 is 21.7 Å². The van der Waals surface area contributed by atoms with Crippen LogP contribution in [0.3, 0.4) is 0 Å². The van der Waals surface area contributed by atoms with E-state index in [9.17, 15) is 18.0 Å². The molecular formula is C16H22N2O5S. The van der Waals surface area contributed by atoms with E-state index in [0.29, 0.717) is 24.7 Å². The molecule has 8 heteroatoms. The molecule has 2 N–H and O–H groups in total.